The third kappa shape index (κ3) is 3.13. The van der Waals surface area contributed by atoms with E-state index in [9.17, 15) is 4.79 Å². The molecular formula is C16H20N4O. The molecule has 0 radical (unpaired) electrons. The van der Waals surface area contributed by atoms with Gasteiger partial charge in [-0.2, -0.15) is 5.10 Å². The van der Waals surface area contributed by atoms with E-state index < -0.39 is 0 Å². The number of nitrogens with zero attached hydrogens (tertiary/aromatic N) is 2. The molecule has 0 saturated carbocycles. The molecule has 1 aliphatic heterocycles. The molecule has 0 bridgehead atoms. The minimum atomic E-state index is -0.318. The van der Waals surface area contributed by atoms with Crippen LogP contribution in [0.3, 0.4) is 0 Å². The van der Waals surface area contributed by atoms with Crippen LogP contribution in [0.5, 0.6) is 0 Å². The van der Waals surface area contributed by atoms with Gasteiger partial charge in [-0.25, -0.2) is 0 Å². The van der Waals surface area contributed by atoms with Crippen molar-refractivity contribution < 1.29 is 4.79 Å². The molecule has 0 spiro atoms. The van der Waals surface area contributed by atoms with Crippen molar-refractivity contribution in [3.05, 3.63) is 48.3 Å². The summed E-state index contributed by atoms with van der Waals surface area (Å²) < 4.78 is 1.83. The molecule has 2 heterocycles. The summed E-state index contributed by atoms with van der Waals surface area (Å²) in [7, 11) is 0. The molecule has 0 aliphatic carbocycles. The van der Waals surface area contributed by atoms with Crippen molar-refractivity contribution in [3.63, 3.8) is 0 Å². The summed E-state index contributed by atoms with van der Waals surface area (Å²) in [5, 5.41) is 10.5. The van der Waals surface area contributed by atoms with Crippen LogP contribution in [0, 0.1) is 5.41 Å². The SMILES string of the molecule is CC1(C(=O)Nc2cnn(Cc3ccccc3)c2)CCNC1. The first kappa shape index (κ1) is 13.8. The number of hydrogen-bond acceptors (Lipinski definition) is 3. The smallest absolute Gasteiger partial charge is 0.231 e. The van der Waals surface area contributed by atoms with Crippen molar-refractivity contribution in [2.24, 2.45) is 5.41 Å². The molecule has 1 aromatic heterocycles. The Balaban J connectivity index is 1.64. The van der Waals surface area contributed by atoms with Crippen LogP contribution >= 0.6 is 0 Å². The van der Waals surface area contributed by atoms with Gasteiger partial charge in [-0.15, -0.1) is 0 Å². The van der Waals surface area contributed by atoms with Crippen LogP contribution in [0.15, 0.2) is 42.7 Å². The molecule has 1 saturated heterocycles. The van der Waals surface area contributed by atoms with Crippen molar-refractivity contribution in [1.82, 2.24) is 15.1 Å². The van der Waals surface area contributed by atoms with E-state index in [0.29, 0.717) is 6.54 Å². The number of rotatable bonds is 4. The third-order valence-electron chi connectivity index (χ3n) is 4.00. The van der Waals surface area contributed by atoms with Gasteiger partial charge < -0.3 is 10.6 Å². The van der Waals surface area contributed by atoms with Gasteiger partial charge in [0, 0.05) is 12.7 Å². The van der Waals surface area contributed by atoms with Crippen LogP contribution in [-0.2, 0) is 11.3 Å². The predicted octanol–water partition coefficient (Wildman–Crippen LogP) is 1.87. The monoisotopic (exact) mass is 284 g/mol. The van der Waals surface area contributed by atoms with Crippen molar-refractivity contribution in [1.29, 1.82) is 0 Å². The van der Waals surface area contributed by atoms with Gasteiger partial charge in [-0.3, -0.25) is 9.48 Å². The summed E-state index contributed by atoms with van der Waals surface area (Å²) in [5.74, 6) is 0.0618. The lowest BCUT2D eigenvalue weighted by Gasteiger charge is -2.20. The minimum Gasteiger partial charge on any atom is -0.323 e. The van der Waals surface area contributed by atoms with Gasteiger partial charge in [0.05, 0.1) is 23.8 Å². The normalized spacial score (nSPS) is 21.4. The summed E-state index contributed by atoms with van der Waals surface area (Å²) in [5.41, 5.74) is 1.62. The maximum Gasteiger partial charge on any atom is 0.231 e. The molecule has 110 valence electrons. The fourth-order valence-electron chi connectivity index (χ4n) is 2.58. The molecule has 1 fully saturated rings. The standard InChI is InChI=1S/C16H20N4O/c1-16(7-8-17-12-16)15(21)19-14-9-18-20(11-14)10-13-5-3-2-4-6-13/h2-6,9,11,17H,7-8,10,12H2,1H3,(H,19,21). The molecule has 2 aromatic rings. The third-order valence-corrected chi connectivity index (χ3v) is 4.00. The van der Waals surface area contributed by atoms with E-state index in [4.69, 9.17) is 0 Å². The van der Waals surface area contributed by atoms with E-state index in [1.54, 1.807) is 6.20 Å². The largest absolute Gasteiger partial charge is 0.323 e. The second-order valence-electron chi connectivity index (χ2n) is 5.85. The van der Waals surface area contributed by atoms with Gasteiger partial charge in [-0.05, 0) is 25.5 Å². The fourth-order valence-corrected chi connectivity index (χ4v) is 2.58. The Morgan fingerprint density at radius 2 is 2.24 bits per heavy atom. The highest BCUT2D eigenvalue weighted by molar-refractivity contribution is 5.95. The highest BCUT2D eigenvalue weighted by Gasteiger charge is 2.36. The average Bonchev–Trinajstić information content (AvgIpc) is 3.10. The fraction of sp³-hybridized carbons (Fsp3) is 0.375. The van der Waals surface area contributed by atoms with Crippen LogP contribution in [0.1, 0.15) is 18.9 Å². The van der Waals surface area contributed by atoms with Gasteiger partial charge in [0.1, 0.15) is 0 Å². The summed E-state index contributed by atoms with van der Waals surface area (Å²) in [6, 6.07) is 10.1. The Morgan fingerprint density at radius 1 is 1.43 bits per heavy atom. The first-order valence-electron chi connectivity index (χ1n) is 7.24. The number of benzene rings is 1. The number of hydrogen-bond donors (Lipinski definition) is 2. The molecule has 1 unspecified atom stereocenters. The summed E-state index contributed by atoms with van der Waals surface area (Å²) in [6.45, 7) is 4.33. The van der Waals surface area contributed by atoms with Crippen molar-refractivity contribution in [2.75, 3.05) is 18.4 Å². The Hall–Kier alpha value is -2.14. The van der Waals surface area contributed by atoms with Gasteiger partial charge in [0.15, 0.2) is 0 Å². The molecule has 5 nitrogen and oxygen atoms in total. The van der Waals surface area contributed by atoms with Gasteiger partial charge in [-0.1, -0.05) is 30.3 Å². The molecular weight excluding hydrogens is 264 g/mol. The Labute approximate surface area is 124 Å². The lowest BCUT2D eigenvalue weighted by Crippen LogP contribution is -2.35. The van der Waals surface area contributed by atoms with E-state index in [2.05, 4.69) is 27.9 Å². The van der Waals surface area contributed by atoms with E-state index >= 15 is 0 Å². The van der Waals surface area contributed by atoms with Gasteiger partial charge >= 0.3 is 0 Å². The molecule has 1 atom stereocenters. The lowest BCUT2D eigenvalue weighted by atomic mass is 9.89. The molecule has 21 heavy (non-hydrogen) atoms. The zero-order valence-corrected chi connectivity index (χ0v) is 12.2. The molecule has 1 aliphatic rings. The van der Waals surface area contributed by atoms with Crippen LogP contribution in [0.25, 0.3) is 0 Å². The maximum atomic E-state index is 12.3. The molecule has 2 N–H and O–H groups in total. The highest BCUT2D eigenvalue weighted by Crippen LogP contribution is 2.26. The second-order valence-corrected chi connectivity index (χ2v) is 5.85. The number of carbonyl (C=O) groups is 1. The van der Waals surface area contributed by atoms with Crippen LogP contribution in [-0.4, -0.2) is 28.8 Å². The van der Waals surface area contributed by atoms with Gasteiger partial charge in [0.2, 0.25) is 5.91 Å². The number of anilines is 1. The molecule has 5 heteroatoms. The first-order valence-corrected chi connectivity index (χ1v) is 7.24. The quantitative estimate of drug-likeness (QED) is 0.901. The van der Waals surface area contributed by atoms with Gasteiger partial charge in [0.25, 0.3) is 0 Å². The Morgan fingerprint density at radius 3 is 2.95 bits per heavy atom. The summed E-state index contributed by atoms with van der Waals surface area (Å²) >= 11 is 0. The van der Waals surface area contributed by atoms with Crippen molar-refractivity contribution >= 4 is 11.6 Å². The van der Waals surface area contributed by atoms with Crippen LogP contribution in [0.2, 0.25) is 0 Å². The van der Waals surface area contributed by atoms with Crippen molar-refractivity contribution in [2.45, 2.75) is 19.9 Å². The topological polar surface area (TPSA) is 59.0 Å². The van der Waals surface area contributed by atoms with Crippen molar-refractivity contribution in [3.8, 4) is 0 Å². The molecule has 3 rings (SSSR count). The van der Waals surface area contributed by atoms with Crippen LogP contribution in [0.4, 0.5) is 5.69 Å². The Bertz CT molecular complexity index is 614. The number of aromatic nitrogens is 2. The first-order chi connectivity index (χ1) is 10.2. The molecule has 1 aromatic carbocycles. The Kier molecular flexibility index (Phi) is 3.75. The predicted molar refractivity (Wildman–Crippen MR) is 82.0 cm³/mol. The lowest BCUT2D eigenvalue weighted by molar-refractivity contribution is -0.123. The second kappa shape index (κ2) is 5.69. The van der Waals surface area contributed by atoms with Crippen LogP contribution < -0.4 is 10.6 Å². The number of amides is 1. The highest BCUT2D eigenvalue weighted by atomic mass is 16.2. The zero-order chi connectivity index (χ0) is 14.7. The van der Waals surface area contributed by atoms with E-state index in [1.165, 1.54) is 5.56 Å². The molecule has 1 amide bonds. The average molecular weight is 284 g/mol. The number of nitrogens with one attached hydrogen (secondary N) is 2. The summed E-state index contributed by atoms with van der Waals surface area (Å²) in [4.78, 5) is 12.3. The number of carbonyl (C=O) groups excluding carboxylic acids is 1. The minimum absolute atomic E-state index is 0.0618. The van der Waals surface area contributed by atoms with E-state index in [0.717, 1.165) is 25.2 Å². The maximum absolute atomic E-state index is 12.3. The van der Waals surface area contributed by atoms with E-state index in [-0.39, 0.29) is 11.3 Å². The summed E-state index contributed by atoms with van der Waals surface area (Å²) in [6.07, 6.45) is 4.44. The zero-order valence-electron chi connectivity index (χ0n) is 12.2. The van der Waals surface area contributed by atoms with E-state index in [1.807, 2.05) is 36.0 Å².